The number of rotatable bonds is 4. The predicted molar refractivity (Wildman–Crippen MR) is 116 cm³/mol. The average molecular weight is 391 g/mol. The van der Waals surface area contributed by atoms with E-state index in [1.165, 1.54) is 4.70 Å². The molecular formula is C21H22N6S. The fourth-order valence-corrected chi connectivity index (χ4v) is 3.65. The lowest BCUT2D eigenvalue weighted by atomic mass is 10.1. The minimum atomic E-state index is -0.148. The van der Waals surface area contributed by atoms with Gasteiger partial charge in [0.05, 0.1) is 20.9 Å². The van der Waals surface area contributed by atoms with E-state index in [1.54, 1.807) is 23.7 Å². The number of aromatic nitrogens is 4. The van der Waals surface area contributed by atoms with E-state index in [4.69, 9.17) is 0 Å². The third-order valence-electron chi connectivity index (χ3n) is 3.96. The zero-order chi connectivity index (χ0) is 19.7. The highest BCUT2D eigenvalue weighted by Gasteiger charge is 2.14. The van der Waals surface area contributed by atoms with Gasteiger partial charge < -0.3 is 10.6 Å². The minimum absolute atomic E-state index is 0.148. The zero-order valence-electron chi connectivity index (χ0n) is 16.3. The van der Waals surface area contributed by atoms with Crippen LogP contribution in [0.25, 0.3) is 21.5 Å². The maximum atomic E-state index is 4.68. The monoisotopic (exact) mass is 390 g/mol. The van der Waals surface area contributed by atoms with Crippen molar-refractivity contribution in [2.75, 3.05) is 10.6 Å². The van der Waals surface area contributed by atoms with Gasteiger partial charge in [0.1, 0.15) is 5.82 Å². The second kappa shape index (κ2) is 7.16. The number of hydrogen-bond donors (Lipinski definition) is 2. The fraction of sp³-hybridized carbons (Fsp3) is 0.238. The highest BCUT2D eigenvalue weighted by Crippen LogP contribution is 2.28. The quantitative estimate of drug-likeness (QED) is 0.485. The van der Waals surface area contributed by atoms with Crippen molar-refractivity contribution in [3.8, 4) is 11.3 Å². The number of hydrogen-bond acceptors (Lipinski definition) is 7. The van der Waals surface area contributed by atoms with E-state index in [1.807, 2.05) is 37.3 Å². The predicted octanol–water partition coefficient (Wildman–Crippen LogP) is 5.41. The fourth-order valence-electron chi connectivity index (χ4n) is 2.84. The number of nitrogens with zero attached hydrogens (tertiary/aromatic N) is 4. The Balaban J connectivity index is 1.72. The number of nitrogens with one attached hydrogen (secondary N) is 2. The lowest BCUT2D eigenvalue weighted by Gasteiger charge is -2.21. The summed E-state index contributed by atoms with van der Waals surface area (Å²) in [6, 6.07) is 12.0. The Morgan fingerprint density at radius 2 is 1.71 bits per heavy atom. The first kappa shape index (κ1) is 18.3. The van der Waals surface area contributed by atoms with Gasteiger partial charge in [-0.2, -0.15) is 4.98 Å². The molecule has 0 aliphatic carbocycles. The second-order valence-electron chi connectivity index (χ2n) is 7.61. The maximum Gasteiger partial charge on any atom is 0.225 e. The average Bonchev–Trinajstić information content (AvgIpc) is 3.00. The van der Waals surface area contributed by atoms with Gasteiger partial charge in [-0.05, 0) is 58.0 Å². The van der Waals surface area contributed by atoms with Crippen LogP contribution < -0.4 is 10.6 Å². The van der Waals surface area contributed by atoms with Crippen LogP contribution in [0.4, 0.5) is 17.5 Å². The number of anilines is 3. The number of benzene rings is 1. The molecule has 7 heteroatoms. The Bertz CT molecular complexity index is 1110. The molecule has 0 aliphatic heterocycles. The molecule has 142 valence electrons. The molecule has 0 fully saturated rings. The number of thiazole rings is 1. The van der Waals surface area contributed by atoms with Crippen LogP contribution in [0.2, 0.25) is 0 Å². The van der Waals surface area contributed by atoms with Gasteiger partial charge in [-0.25, -0.2) is 9.97 Å². The van der Waals surface area contributed by atoms with E-state index in [9.17, 15) is 0 Å². The molecule has 0 unspecified atom stereocenters. The van der Waals surface area contributed by atoms with Crippen LogP contribution in [0.5, 0.6) is 0 Å². The Morgan fingerprint density at radius 3 is 2.46 bits per heavy atom. The van der Waals surface area contributed by atoms with Gasteiger partial charge in [0.15, 0.2) is 0 Å². The molecule has 0 radical (unpaired) electrons. The molecule has 6 nitrogen and oxygen atoms in total. The third-order valence-corrected chi connectivity index (χ3v) is 4.91. The molecule has 0 atom stereocenters. The summed E-state index contributed by atoms with van der Waals surface area (Å²) in [6.45, 7) is 8.27. The van der Waals surface area contributed by atoms with Crippen molar-refractivity contribution >= 4 is 39.0 Å². The molecule has 0 amide bonds. The first-order valence-corrected chi connectivity index (χ1v) is 9.89. The van der Waals surface area contributed by atoms with Gasteiger partial charge in [-0.3, -0.25) is 4.98 Å². The van der Waals surface area contributed by atoms with Gasteiger partial charge in [0.25, 0.3) is 0 Å². The number of pyridine rings is 1. The maximum absolute atomic E-state index is 4.68. The lowest BCUT2D eigenvalue weighted by molar-refractivity contribution is 0.626. The first-order valence-electron chi connectivity index (χ1n) is 9.08. The number of fused-ring (bicyclic) bond motifs is 1. The molecule has 4 aromatic rings. The molecule has 0 aliphatic rings. The van der Waals surface area contributed by atoms with Crippen LogP contribution >= 0.6 is 11.3 Å². The molecular weight excluding hydrogens is 368 g/mol. The summed E-state index contributed by atoms with van der Waals surface area (Å²) in [5.74, 6) is 1.30. The molecule has 3 heterocycles. The number of aryl methyl sites for hydroxylation is 1. The van der Waals surface area contributed by atoms with Gasteiger partial charge in [0, 0.05) is 35.2 Å². The standard InChI is InChI=1S/C21H22N6S/c1-13-23-17-11-15(5-6-18(17)28-13)24-19-12-16(14-7-9-22-10-8-14)25-20(26-19)27-21(2,3)4/h5-12H,1-4H3,(H2,24,25,26,27). The van der Waals surface area contributed by atoms with Crippen molar-refractivity contribution in [2.24, 2.45) is 0 Å². The summed E-state index contributed by atoms with van der Waals surface area (Å²) in [4.78, 5) is 18.0. The minimum Gasteiger partial charge on any atom is -0.350 e. The molecule has 0 saturated heterocycles. The Kier molecular flexibility index (Phi) is 4.68. The Hall–Kier alpha value is -3.06. The molecule has 0 spiro atoms. The van der Waals surface area contributed by atoms with E-state index >= 15 is 0 Å². The van der Waals surface area contributed by atoms with Gasteiger partial charge in [-0.15, -0.1) is 11.3 Å². The van der Waals surface area contributed by atoms with Crippen molar-refractivity contribution in [1.82, 2.24) is 19.9 Å². The van der Waals surface area contributed by atoms with E-state index in [2.05, 4.69) is 57.4 Å². The van der Waals surface area contributed by atoms with Gasteiger partial charge in [-0.1, -0.05) is 0 Å². The topological polar surface area (TPSA) is 75.6 Å². The normalized spacial score (nSPS) is 11.6. The summed E-state index contributed by atoms with van der Waals surface area (Å²) in [6.07, 6.45) is 3.53. The van der Waals surface area contributed by atoms with Gasteiger partial charge in [0.2, 0.25) is 5.95 Å². The molecule has 0 bridgehead atoms. The summed E-state index contributed by atoms with van der Waals surface area (Å²) in [5.41, 5.74) is 3.61. The lowest BCUT2D eigenvalue weighted by Crippen LogP contribution is -2.27. The summed E-state index contributed by atoms with van der Waals surface area (Å²) >= 11 is 1.70. The van der Waals surface area contributed by atoms with E-state index in [0.717, 1.165) is 33.3 Å². The van der Waals surface area contributed by atoms with Crippen LogP contribution in [0.3, 0.4) is 0 Å². The van der Waals surface area contributed by atoms with Crippen molar-refractivity contribution in [1.29, 1.82) is 0 Å². The largest absolute Gasteiger partial charge is 0.350 e. The van der Waals surface area contributed by atoms with E-state index in [0.29, 0.717) is 5.95 Å². The van der Waals surface area contributed by atoms with E-state index < -0.39 is 0 Å². The van der Waals surface area contributed by atoms with Gasteiger partial charge >= 0.3 is 0 Å². The SMILES string of the molecule is Cc1nc2cc(Nc3cc(-c4ccncc4)nc(NC(C)(C)C)n3)ccc2s1. The van der Waals surface area contributed by atoms with Crippen LogP contribution in [-0.4, -0.2) is 25.5 Å². The Morgan fingerprint density at radius 1 is 0.929 bits per heavy atom. The van der Waals surface area contributed by atoms with E-state index in [-0.39, 0.29) is 5.54 Å². The summed E-state index contributed by atoms with van der Waals surface area (Å²) in [5, 5.41) is 7.82. The Labute approximate surface area is 168 Å². The first-order chi connectivity index (χ1) is 13.4. The molecule has 28 heavy (non-hydrogen) atoms. The summed E-state index contributed by atoms with van der Waals surface area (Å²) < 4.78 is 1.18. The van der Waals surface area contributed by atoms with Crippen LogP contribution in [0.1, 0.15) is 25.8 Å². The molecule has 1 aromatic carbocycles. The van der Waals surface area contributed by atoms with Crippen molar-refractivity contribution in [3.05, 3.63) is 53.8 Å². The molecule has 3 aromatic heterocycles. The van der Waals surface area contributed by atoms with Crippen LogP contribution in [0.15, 0.2) is 48.8 Å². The zero-order valence-corrected chi connectivity index (χ0v) is 17.1. The molecule has 0 saturated carbocycles. The highest BCUT2D eigenvalue weighted by atomic mass is 32.1. The summed E-state index contributed by atoms with van der Waals surface area (Å²) in [7, 11) is 0. The second-order valence-corrected chi connectivity index (χ2v) is 8.85. The highest BCUT2D eigenvalue weighted by molar-refractivity contribution is 7.18. The van der Waals surface area contributed by atoms with Crippen LogP contribution in [-0.2, 0) is 0 Å². The molecule has 4 rings (SSSR count). The third kappa shape index (κ3) is 4.26. The molecule has 2 N–H and O–H groups in total. The smallest absolute Gasteiger partial charge is 0.225 e. The van der Waals surface area contributed by atoms with Crippen molar-refractivity contribution < 1.29 is 0 Å². The van der Waals surface area contributed by atoms with Crippen molar-refractivity contribution in [3.63, 3.8) is 0 Å². The van der Waals surface area contributed by atoms with Crippen LogP contribution in [0, 0.1) is 6.92 Å². The van der Waals surface area contributed by atoms with Crippen molar-refractivity contribution in [2.45, 2.75) is 33.2 Å².